The Balaban J connectivity index is 2.67. The predicted molar refractivity (Wildman–Crippen MR) is 185 cm³/mol. The quantitative estimate of drug-likeness (QED) is 0.239. The van der Waals surface area contributed by atoms with Gasteiger partial charge in [0.15, 0.2) is 5.78 Å². The van der Waals surface area contributed by atoms with Gasteiger partial charge in [0.2, 0.25) is 0 Å². The van der Waals surface area contributed by atoms with E-state index in [2.05, 4.69) is 134 Å². The molecule has 0 heterocycles. The molecule has 0 saturated heterocycles. The SMILES string of the molecule is CC(C)=C/C=C/C(C)=C/C=C/C(C)=C/C=C/C(C)=C/C=C/C=C(C)/C=C/C=C(C)/C=C/C1=C(C)C(=O)[C@@H](O)CC1(C)C. The highest BCUT2D eigenvalue weighted by atomic mass is 16.3. The molecule has 1 atom stereocenters. The van der Waals surface area contributed by atoms with Crippen LogP contribution in [0.5, 0.6) is 0 Å². The van der Waals surface area contributed by atoms with E-state index < -0.39 is 6.10 Å². The number of ketones is 1. The summed E-state index contributed by atoms with van der Waals surface area (Å²) in [6.07, 6.45) is 36.9. The van der Waals surface area contributed by atoms with Crippen LogP contribution in [0.1, 0.15) is 75.7 Å². The third kappa shape index (κ3) is 14.8. The van der Waals surface area contributed by atoms with Crippen molar-refractivity contribution in [3.05, 3.63) is 154 Å². The lowest BCUT2D eigenvalue weighted by Crippen LogP contribution is -2.35. The summed E-state index contributed by atoms with van der Waals surface area (Å²) in [6, 6.07) is 0. The molecule has 0 aliphatic heterocycles. The maximum atomic E-state index is 12.2. The van der Waals surface area contributed by atoms with E-state index in [1.54, 1.807) is 0 Å². The Morgan fingerprint density at radius 1 is 0.619 bits per heavy atom. The first-order chi connectivity index (χ1) is 19.7. The lowest BCUT2D eigenvalue weighted by molar-refractivity contribution is -0.125. The van der Waals surface area contributed by atoms with E-state index in [0.29, 0.717) is 12.0 Å². The highest BCUT2D eigenvalue weighted by Gasteiger charge is 2.36. The topological polar surface area (TPSA) is 37.3 Å². The van der Waals surface area contributed by atoms with Gasteiger partial charge in [-0.1, -0.05) is 157 Å². The van der Waals surface area contributed by atoms with Gasteiger partial charge >= 0.3 is 0 Å². The highest BCUT2D eigenvalue weighted by molar-refractivity contribution is 6.00. The first-order valence-electron chi connectivity index (χ1n) is 14.7. The van der Waals surface area contributed by atoms with Crippen LogP contribution >= 0.6 is 0 Å². The summed E-state index contributed by atoms with van der Waals surface area (Å²) in [4.78, 5) is 12.2. The van der Waals surface area contributed by atoms with Crippen LogP contribution < -0.4 is 0 Å². The molecule has 0 aromatic heterocycles. The molecule has 0 aromatic carbocycles. The standard InChI is InChI=1S/C40H52O2/c1-30(2)17-13-20-33(5)23-15-25-34(6)24-14-21-31(3)18-11-12-19-32(4)22-16-26-35(7)27-28-37-36(8)39(42)38(41)29-40(37,9)10/h11-28,38,41H,29H2,1-10H3/b12-11+,20-13+,21-14+,22-16+,25-15+,28-27+,31-18+,32-19+,33-23+,34-24+,35-26+/t38-/m0/s1. The number of allylic oxidation sites excluding steroid dienone is 25. The van der Waals surface area contributed by atoms with Crippen molar-refractivity contribution in [3.63, 3.8) is 0 Å². The Morgan fingerprint density at radius 2 is 0.976 bits per heavy atom. The first kappa shape index (κ1) is 36.3. The minimum Gasteiger partial charge on any atom is -0.385 e. The van der Waals surface area contributed by atoms with Crippen LogP contribution in [0, 0.1) is 5.41 Å². The van der Waals surface area contributed by atoms with Gasteiger partial charge in [0.1, 0.15) is 6.10 Å². The molecule has 0 unspecified atom stereocenters. The zero-order valence-electron chi connectivity index (χ0n) is 27.5. The summed E-state index contributed by atoms with van der Waals surface area (Å²) >= 11 is 0. The predicted octanol–water partition coefficient (Wildman–Crippen LogP) is 10.7. The summed E-state index contributed by atoms with van der Waals surface area (Å²) < 4.78 is 0. The highest BCUT2D eigenvalue weighted by Crippen LogP contribution is 2.39. The van der Waals surface area contributed by atoms with Gasteiger partial charge in [-0.05, 0) is 78.4 Å². The molecule has 1 rings (SSSR count). The van der Waals surface area contributed by atoms with Crippen LogP contribution in [-0.4, -0.2) is 17.0 Å². The van der Waals surface area contributed by atoms with E-state index in [1.165, 1.54) is 22.3 Å². The fourth-order valence-electron chi connectivity index (χ4n) is 4.28. The molecule has 0 spiro atoms. The van der Waals surface area contributed by atoms with Crippen molar-refractivity contribution in [1.29, 1.82) is 0 Å². The van der Waals surface area contributed by atoms with Crippen molar-refractivity contribution in [2.75, 3.05) is 0 Å². The molecule has 224 valence electrons. The molecule has 0 radical (unpaired) electrons. The Bertz CT molecular complexity index is 1340. The van der Waals surface area contributed by atoms with E-state index in [1.807, 2.05) is 44.2 Å². The van der Waals surface area contributed by atoms with Crippen molar-refractivity contribution in [2.24, 2.45) is 5.41 Å². The van der Waals surface area contributed by atoms with Crippen LogP contribution in [0.15, 0.2) is 154 Å². The van der Waals surface area contributed by atoms with E-state index in [4.69, 9.17) is 0 Å². The van der Waals surface area contributed by atoms with E-state index >= 15 is 0 Å². The van der Waals surface area contributed by atoms with Crippen LogP contribution in [-0.2, 0) is 4.79 Å². The second kappa shape index (κ2) is 18.6. The number of Topliss-reactive ketones (excluding diaryl/α,β-unsaturated/α-hetero) is 1. The molecular weight excluding hydrogens is 512 g/mol. The minimum absolute atomic E-state index is 0.163. The van der Waals surface area contributed by atoms with Gasteiger partial charge in [-0.3, -0.25) is 4.79 Å². The monoisotopic (exact) mass is 564 g/mol. The maximum Gasteiger partial charge on any atom is 0.187 e. The van der Waals surface area contributed by atoms with E-state index in [-0.39, 0.29) is 11.2 Å². The van der Waals surface area contributed by atoms with Crippen LogP contribution in [0.25, 0.3) is 0 Å². The van der Waals surface area contributed by atoms with E-state index in [0.717, 1.165) is 16.7 Å². The number of aliphatic hydroxyl groups is 1. The number of carbonyl (C=O) groups excluding carboxylic acids is 1. The van der Waals surface area contributed by atoms with Gasteiger partial charge in [-0.2, -0.15) is 0 Å². The van der Waals surface area contributed by atoms with Gasteiger partial charge < -0.3 is 5.11 Å². The van der Waals surface area contributed by atoms with Crippen molar-refractivity contribution >= 4 is 5.78 Å². The molecule has 42 heavy (non-hydrogen) atoms. The van der Waals surface area contributed by atoms with Crippen molar-refractivity contribution < 1.29 is 9.90 Å². The Hall–Kier alpha value is -3.75. The molecule has 1 aliphatic rings. The lowest BCUT2D eigenvalue weighted by Gasteiger charge is -2.34. The van der Waals surface area contributed by atoms with Crippen molar-refractivity contribution in [2.45, 2.75) is 81.8 Å². The number of hydrogen-bond acceptors (Lipinski definition) is 2. The fraction of sp³-hybridized carbons (Fsp3) is 0.325. The average molecular weight is 565 g/mol. The molecule has 0 bridgehead atoms. The maximum absolute atomic E-state index is 12.2. The Labute approximate surface area is 256 Å². The number of carbonyl (C=O) groups is 1. The first-order valence-corrected chi connectivity index (χ1v) is 14.7. The molecule has 0 amide bonds. The second-order valence-electron chi connectivity index (χ2n) is 12.0. The summed E-state index contributed by atoms with van der Waals surface area (Å²) in [5, 5.41) is 10.0. The number of hydrogen-bond donors (Lipinski definition) is 1. The minimum atomic E-state index is -0.895. The molecule has 0 saturated carbocycles. The number of aliphatic hydroxyl groups excluding tert-OH is 1. The zero-order chi connectivity index (χ0) is 31.7. The van der Waals surface area contributed by atoms with Gasteiger partial charge in [0.05, 0.1) is 0 Å². The molecule has 2 heteroatoms. The van der Waals surface area contributed by atoms with Gasteiger partial charge in [-0.15, -0.1) is 0 Å². The lowest BCUT2D eigenvalue weighted by atomic mass is 9.71. The Morgan fingerprint density at radius 3 is 1.38 bits per heavy atom. The summed E-state index contributed by atoms with van der Waals surface area (Å²) in [5.74, 6) is -0.163. The third-order valence-corrected chi connectivity index (χ3v) is 6.79. The van der Waals surface area contributed by atoms with Gasteiger partial charge in [0.25, 0.3) is 0 Å². The zero-order valence-corrected chi connectivity index (χ0v) is 27.5. The van der Waals surface area contributed by atoms with Crippen molar-refractivity contribution in [1.82, 2.24) is 0 Å². The summed E-state index contributed by atoms with van der Waals surface area (Å²) in [7, 11) is 0. The van der Waals surface area contributed by atoms with E-state index in [9.17, 15) is 9.90 Å². The molecule has 2 nitrogen and oxygen atoms in total. The van der Waals surface area contributed by atoms with Crippen LogP contribution in [0.4, 0.5) is 0 Å². The molecular formula is C40H52O2. The Kier molecular flexibility index (Phi) is 16.1. The molecule has 1 N–H and O–H groups in total. The third-order valence-electron chi connectivity index (χ3n) is 6.79. The molecule has 1 aliphatic carbocycles. The number of rotatable bonds is 12. The second-order valence-corrected chi connectivity index (χ2v) is 12.0. The van der Waals surface area contributed by atoms with Crippen LogP contribution in [0.3, 0.4) is 0 Å². The normalized spacial score (nSPS) is 20.2. The summed E-state index contributed by atoms with van der Waals surface area (Å²) in [6.45, 7) is 20.5. The smallest absolute Gasteiger partial charge is 0.187 e. The van der Waals surface area contributed by atoms with Gasteiger partial charge in [0, 0.05) is 0 Å². The largest absolute Gasteiger partial charge is 0.385 e. The van der Waals surface area contributed by atoms with Crippen molar-refractivity contribution in [3.8, 4) is 0 Å². The van der Waals surface area contributed by atoms with Gasteiger partial charge in [-0.25, -0.2) is 0 Å². The fourth-order valence-corrected chi connectivity index (χ4v) is 4.28. The summed E-state index contributed by atoms with van der Waals surface area (Å²) in [5.41, 5.74) is 8.54. The molecule has 0 aromatic rings. The van der Waals surface area contributed by atoms with Crippen LogP contribution in [0.2, 0.25) is 0 Å². The molecule has 0 fully saturated rings. The average Bonchev–Trinajstić information content (AvgIpc) is 2.89.